The van der Waals surface area contributed by atoms with Gasteiger partial charge in [-0.15, -0.1) is 0 Å². The van der Waals surface area contributed by atoms with E-state index in [2.05, 4.69) is 13.8 Å². The summed E-state index contributed by atoms with van der Waals surface area (Å²) in [7, 11) is 0. The third-order valence-corrected chi connectivity index (χ3v) is 3.96. The van der Waals surface area contributed by atoms with Crippen LogP contribution in [0.25, 0.3) is 0 Å². The van der Waals surface area contributed by atoms with Gasteiger partial charge in [-0.25, -0.2) is 8.78 Å². The van der Waals surface area contributed by atoms with Crippen LogP contribution in [0.15, 0.2) is 12.1 Å². The van der Waals surface area contributed by atoms with Crippen molar-refractivity contribution in [1.29, 1.82) is 0 Å². The van der Waals surface area contributed by atoms with Crippen molar-refractivity contribution in [3.05, 3.63) is 23.8 Å². The van der Waals surface area contributed by atoms with Crippen molar-refractivity contribution < 1.29 is 8.78 Å². The summed E-state index contributed by atoms with van der Waals surface area (Å²) in [5.74, 6) is -1.22. The van der Waals surface area contributed by atoms with Gasteiger partial charge in [0.1, 0.15) is 11.6 Å². The third kappa shape index (κ3) is 1.96. The van der Waals surface area contributed by atoms with Crippen molar-refractivity contribution in [2.45, 2.75) is 26.7 Å². The van der Waals surface area contributed by atoms with E-state index in [0.29, 0.717) is 5.69 Å². The number of nitrogen functional groups attached to an aromatic ring is 1. The molecule has 17 heavy (non-hydrogen) atoms. The molecule has 1 saturated heterocycles. The van der Waals surface area contributed by atoms with E-state index in [0.717, 1.165) is 32.0 Å². The SMILES string of the molecule is CCC1(CC)CN(c2cc(N)c(F)cc2F)C1. The lowest BCUT2D eigenvalue weighted by Gasteiger charge is -2.51. The maximum atomic E-state index is 13.6. The fourth-order valence-electron chi connectivity index (χ4n) is 2.43. The van der Waals surface area contributed by atoms with Gasteiger partial charge in [0.15, 0.2) is 0 Å². The van der Waals surface area contributed by atoms with E-state index < -0.39 is 11.6 Å². The molecule has 1 heterocycles. The summed E-state index contributed by atoms with van der Waals surface area (Å²) in [5.41, 5.74) is 6.18. The van der Waals surface area contributed by atoms with Crippen molar-refractivity contribution in [1.82, 2.24) is 0 Å². The maximum absolute atomic E-state index is 13.6. The molecule has 0 aromatic heterocycles. The molecular weight excluding hydrogens is 222 g/mol. The molecule has 0 aliphatic carbocycles. The van der Waals surface area contributed by atoms with Crippen molar-refractivity contribution in [2.24, 2.45) is 5.41 Å². The molecule has 94 valence electrons. The highest BCUT2D eigenvalue weighted by atomic mass is 19.1. The molecule has 1 aromatic carbocycles. The number of anilines is 2. The van der Waals surface area contributed by atoms with Gasteiger partial charge in [0.25, 0.3) is 0 Å². The van der Waals surface area contributed by atoms with Gasteiger partial charge in [0.2, 0.25) is 0 Å². The van der Waals surface area contributed by atoms with Gasteiger partial charge < -0.3 is 10.6 Å². The highest BCUT2D eigenvalue weighted by molar-refractivity contribution is 5.59. The van der Waals surface area contributed by atoms with Gasteiger partial charge in [0.05, 0.1) is 11.4 Å². The van der Waals surface area contributed by atoms with Crippen LogP contribution in [0.5, 0.6) is 0 Å². The summed E-state index contributed by atoms with van der Waals surface area (Å²) in [6.07, 6.45) is 2.16. The molecule has 0 saturated carbocycles. The van der Waals surface area contributed by atoms with Crippen LogP contribution in [0, 0.1) is 17.0 Å². The lowest BCUT2D eigenvalue weighted by molar-refractivity contribution is 0.193. The van der Waals surface area contributed by atoms with Crippen LogP contribution in [0.1, 0.15) is 26.7 Å². The second-order valence-electron chi connectivity index (χ2n) is 4.89. The number of rotatable bonds is 3. The second-order valence-corrected chi connectivity index (χ2v) is 4.89. The summed E-state index contributed by atoms with van der Waals surface area (Å²) >= 11 is 0. The zero-order valence-corrected chi connectivity index (χ0v) is 10.3. The summed E-state index contributed by atoms with van der Waals surface area (Å²) in [6.45, 7) is 5.94. The molecule has 0 radical (unpaired) electrons. The van der Waals surface area contributed by atoms with Crippen LogP contribution < -0.4 is 10.6 Å². The van der Waals surface area contributed by atoms with Crippen LogP contribution in [-0.2, 0) is 0 Å². The normalized spacial score (nSPS) is 18.0. The molecule has 0 spiro atoms. The third-order valence-electron chi connectivity index (χ3n) is 3.96. The fraction of sp³-hybridized carbons (Fsp3) is 0.538. The van der Waals surface area contributed by atoms with E-state index in [4.69, 9.17) is 5.73 Å². The molecule has 1 aliphatic rings. The van der Waals surface area contributed by atoms with Crippen LogP contribution in [-0.4, -0.2) is 13.1 Å². The van der Waals surface area contributed by atoms with Crippen LogP contribution in [0.4, 0.5) is 20.2 Å². The van der Waals surface area contributed by atoms with E-state index in [-0.39, 0.29) is 11.1 Å². The first kappa shape index (κ1) is 12.1. The summed E-state index contributed by atoms with van der Waals surface area (Å²) in [6, 6.07) is 2.25. The molecule has 1 aromatic rings. The minimum Gasteiger partial charge on any atom is -0.396 e. The minimum absolute atomic E-state index is 0.00639. The van der Waals surface area contributed by atoms with Gasteiger partial charge in [-0.3, -0.25) is 0 Å². The van der Waals surface area contributed by atoms with E-state index in [9.17, 15) is 8.78 Å². The number of benzene rings is 1. The first-order valence-electron chi connectivity index (χ1n) is 6.01. The monoisotopic (exact) mass is 240 g/mol. The molecule has 2 N–H and O–H groups in total. The molecule has 2 rings (SSSR count). The number of halogens is 2. The van der Waals surface area contributed by atoms with Crippen molar-refractivity contribution in [2.75, 3.05) is 23.7 Å². The van der Waals surface area contributed by atoms with Gasteiger partial charge in [-0.1, -0.05) is 13.8 Å². The van der Waals surface area contributed by atoms with E-state index in [1.165, 1.54) is 6.07 Å². The second kappa shape index (κ2) is 4.17. The number of hydrogen-bond acceptors (Lipinski definition) is 2. The standard InChI is InChI=1S/C13H18F2N2/c1-3-13(4-2)7-17(8-13)12-6-11(16)9(14)5-10(12)15/h5-6H,3-4,7-8,16H2,1-2H3. The lowest BCUT2D eigenvalue weighted by Crippen LogP contribution is -2.56. The molecular formula is C13H18F2N2. The Hall–Kier alpha value is -1.32. The summed E-state index contributed by atoms with van der Waals surface area (Å²) in [5, 5.41) is 0. The largest absolute Gasteiger partial charge is 0.396 e. The van der Waals surface area contributed by atoms with Crippen molar-refractivity contribution in [3.63, 3.8) is 0 Å². The minimum atomic E-state index is -0.691. The Morgan fingerprint density at radius 3 is 2.29 bits per heavy atom. The van der Waals surface area contributed by atoms with Gasteiger partial charge in [0, 0.05) is 24.6 Å². The first-order valence-corrected chi connectivity index (χ1v) is 6.01. The first-order chi connectivity index (χ1) is 8.01. The Bertz CT molecular complexity index is 420. The Balaban J connectivity index is 2.19. The Kier molecular flexibility index (Phi) is 2.98. The molecule has 0 unspecified atom stereocenters. The average Bonchev–Trinajstić information content (AvgIpc) is 2.25. The average molecular weight is 240 g/mol. The highest BCUT2D eigenvalue weighted by Gasteiger charge is 2.40. The summed E-state index contributed by atoms with van der Waals surface area (Å²) < 4.78 is 26.7. The molecule has 1 fully saturated rings. The number of nitrogens with zero attached hydrogens (tertiary/aromatic N) is 1. The van der Waals surface area contributed by atoms with Gasteiger partial charge in [-0.2, -0.15) is 0 Å². The van der Waals surface area contributed by atoms with Crippen LogP contribution in [0.2, 0.25) is 0 Å². The topological polar surface area (TPSA) is 29.3 Å². The number of hydrogen-bond donors (Lipinski definition) is 1. The van der Waals surface area contributed by atoms with Crippen molar-refractivity contribution >= 4 is 11.4 Å². The van der Waals surface area contributed by atoms with E-state index in [1.807, 2.05) is 4.90 Å². The highest BCUT2D eigenvalue weighted by Crippen LogP contribution is 2.41. The van der Waals surface area contributed by atoms with Crippen LogP contribution >= 0.6 is 0 Å². The predicted molar refractivity (Wildman–Crippen MR) is 66.0 cm³/mol. The lowest BCUT2D eigenvalue weighted by atomic mass is 9.75. The zero-order valence-electron chi connectivity index (χ0n) is 10.3. The molecule has 4 heteroatoms. The van der Waals surface area contributed by atoms with Crippen LogP contribution in [0.3, 0.4) is 0 Å². The fourth-order valence-corrected chi connectivity index (χ4v) is 2.43. The predicted octanol–water partition coefficient (Wildman–Crippen LogP) is 3.17. The van der Waals surface area contributed by atoms with E-state index >= 15 is 0 Å². The zero-order chi connectivity index (χ0) is 12.6. The Morgan fingerprint density at radius 2 is 1.76 bits per heavy atom. The smallest absolute Gasteiger partial charge is 0.149 e. The van der Waals surface area contributed by atoms with Gasteiger partial charge in [-0.05, 0) is 18.9 Å². The molecule has 0 amide bonds. The molecule has 1 aliphatic heterocycles. The Labute approximate surface area is 100 Å². The van der Waals surface area contributed by atoms with Crippen molar-refractivity contribution in [3.8, 4) is 0 Å². The molecule has 0 atom stereocenters. The molecule has 2 nitrogen and oxygen atoms in total. The van der Waals surface area contributed by atoms with Gasteiger partial charge >= 0.3 is 0 Å². The Morgan fingerprint density at radius 1 is 1.18 bits per heavy atom. The van der Waals surface area contributed by atoms with E-state index in [1.54, 1.807) is 0 Å². The number of nitrogens with two attached hydrogens (primary N) is 1. The molecule has 0 bridgehead atoms. The maximum Gasteiger partial charge on any atom is 0.149 e. The quantitative estimate of drug-likeness (QED) is 0.822. The summed E-state index contributed by atoms with van der Waals surface area (Å²) in [4.78, 5) is 1.93.